The first-order chi connectivity index (χ1) is 10.2. The summed E-state index contributed by atoms with van der Waals surface area (Å²) in [5.74, 6) is -0.159. The molecule has 0 radical (unpaired) electrons. The number of carbonyl (C=O) groups is 1. The van der Waals surface area contributed by atoms with Crippen LogP contribution in [0.2, 0.25) is 0 Å². The van der Waals surface area contributed by atoms with E-state index in [2.05, 4.69) is 13.8 Å². The van der Waals surface area contributed by atoms with Gasteiger partial charge in [0, 0.05) is 6.42 Å². The molecule has 0 aliphatic rings. The Morgan fingerprint density at radius 1 is 0.857 bits per heavy atom. The van der Waals surface area contributed by atoms with Crippen LogP contribution in [-0.4, -0.2) is 23.8 Å². The molecule has 0 amide bonds. The molecule has 3 heteroatoms. The van der Waals surface area contributed by atoms with Crippen LogP contribution in [0.3, 0.4) is 0 Å². The van der Waals surface area contributed by atoms with E-state index in [9.17, 15) is 9.90 Å². The highest BCUT2D eigenvalue weighted by Gasteiger charge is 2.08. The molecule has 0 aliphatic heterocycles. The van der Waals surface area contributed by atoms with Crippen molar-refractivity contribution < 1.29 is 14.6 Å². The topological polar surface area (TPSA) is 46.5 Å². The Kier molecular flexibility index (Phi) is 15.4. The fourth-order valence-electron chi connectivity index (χ4n) is 2.38. The van der Waals surface area contributed by atoms with Crippen LogP contribution < -0.4 is 0 Å². The summed E-state index contributed by atoms with van der Waals surface area (Å²) in [5.41, 5.74) is 0. The van der Waals surface area contributed by atoms with Crippen molar-refractivity contribution in [3.8, 4) is 0 Å². The van der Waals surface area contributed by atoms with Crippen LogP contribution in [0.25, 0.3) is 0 Å². The molecule has 0 aliphatic carbocycles. The van der Waals surface area contributed by atoms with Gasteiger partial charge in [0.2, 0.25) is 0 Å². The quantitative estimate of drug-likeness (QED) is 0.342. The van der Waals surface area contributed by atoms with Gasteiger partial charge in [0.15, 0.2) is 0 Å². The summed E-state index contributed by atoms with van der Waals surface area (Å²) in [6.45, 7) is 4.56. The number of carbonyl (C=O) groups excluding carboxylic acids is 1. The molecule has 3 nitrogen and oxygen atoms in total. The SMILES string of the molecule is CCCCCCCCC(O)COC(=O)CCCCCCC. The van der Waals surface area contributed by atoms with Gasteiger partial charge in [0.25, 0.3) is 0 Å². The third kappa shape index (κ3) is 15.6. The lowest BCUT2D eigenvalue weighted by Gasteiger charge is -2.11. The average Bonchev–Trinajstić information content (AvgIpc) is 2.48. The maximum Gasteiger partial charge on any atom is 0.305 e. The van der Waals surface area contributed by atoms with Crippen LogP contribution in [0.1, 0.15) is 97.3 Å². The zero-order valence-electron chi connectivity index (χ0n) is 14.2. The molecule has 0 saturated carbocycles. The van der Waals surface area contributed by atoms with Crippen LogP contribution >= 0.6 is 0 Å². The minimum Gasteiger partial charge on any atom is -0.463 e. The number of unbranched alkanes of at least 4 members (excludes halogenated alkanes) is 9. The van der Waals surface area contributed by atoms with E-state index in [1.54, 1.807) is 0 Å². The number of hydrogen-bond donors (Lipinski definition) is 1. The number of rotatable bonds is 15. The second-order valence-electron chi connectivity index (χ2n) is 6.06. The van der Waals surface area contributed by atoms with Gasteiger partial charge in [-0.25, -0.2) is 0 Å². The molecule has 0 spiro atoms. The second kappa shape index (κ2) is 15.8. The van der Waals surface area contributed by atoms with Gasteiger partial charge in [-0.15, -0.1) is 0 Å². The Balaban J connectivity index is 3.34. The number of aliphatic hydroxyl groups excluding tert-OH is 1. The van der Waals surface area contributed by atoms with Gasteiger partial charge in [-0.1, -0.05) is 78.1 Å². The van der Waals surface area contributed by atoms with Crippen molar-refractivity contribution in [1.82, 2.24) is 0 Å². The minimum absolute atomic E-state index is 0.159. The van der Waals surface area contributed by atoms with E-state index in [1.165, 1.54) is 51.4 Å². The number of hydrogen-bond acceptors (Lipinski definition) is 3. The molecule has 0 aromatic carbocycles. The van der Waals surface area contributed by atoms with Crippen molar-refractivity contribution in [2.24, 2.45) is 0 Å². The zero-order valence-corrected chi connectivity index (χ0v) is 14.2. The smallest absolute Gasteiger partial charge is 0.305 e. The summed E-state index contributed by atoms with van der Waals surface area (Å²) in [6.07, 6.45) is 13.7. The summed E-state index contributed by atoms with van der Waals surface area (Å²) in [6, 6.07) is 0. The number of ether oxygens (including phenoxy) is 1. The molecule has 0 saturated heterocycles. The van der Waals surface area contributed by atoms with E-state index in [0.29, 0.717) is 6.42 Å². The van der Waals surface area contributed by atoms with E-state index in [0.717, 1.165) is 25.7 Å². The Morgan fingerprint density at radius 2 is 1.38 bits per heavy atom. The van der Waals surface area contributed by atoms with E-state index >= 15 is 0 Å². The molecule has 0 aromatic rings. The fourth-order valence-corrected chi connectivity index (χ4v) is 2.38. The molecule has 1 unspecified atom stereocenters. The molecule has 0 fully saturated rings. The summed E-state index contributed by atoms with van der Waals surface area (Å²) in [5, 5.41) is 9.77. The standard InChI is InChI=1S/C18H36O3/c1-3-5-7-9-11-12-14-17(19)16-21-18(20)15-13-10-8-6-4-2/h17,19H,3-16H2,1-2H3. The maximum atomic E-state index is 11.5. The second-order valence-corrected chi connectivity index (χ2v) is 6.06. The Morgan fingerprint density at radius 3 is 2.00 bits per heavy atom. The largest absolute Gasteiger partial charge is 0.463 e. The predicted octanol–water partition coefficient (Wildman–Crippen LogP) is 5.00. The van der Waals surface area contributed by atoms with E-state index in [4.69, 9.17) is 4.74 Å². The zero-order chi connectivity index (χ0) is 15.8. The first-order valence-electron chi connectivity index (χ1n) is 9.04. The van der Waals surface area contributed by atoms with Crippen molar-refractivity contribution in [2.45, 2.75) is 103 Å². The normalized spacial score (nSPS) is 12.3. The van der Waals surface area contributed by atoms with Crippen molar-refractivity contribution >= 4 is 5.97 Å². The highest BCUT2D eigenvalue weighted by molar-refractivity contribution is 5.69. The van der Waals surface area contributed by atoms with Gasteiger partial charge in [-0.05, 0) is 12.8 Å². The summed E-state index contributed by atoms with van der Waals surface area (Å²) in [7, 11) is 0. The highest BCUT2D eigenvalue weighted by atomic mass is 16.5. The molecule has 0 bridgehead atoms. The van der Waals surface area contributed by atoms with Crippen molar-refractivity contribution in [3.63, 3.8) is 0 Å². The number of aliphatic hydroxyl groups is 1. The number of esters is 1. The molecule has 21 heavy (non-hydrogen) atoms. The van der Waals surface area contributed by atoms with E-state index < -0.39 is 6.10 Å². The molecular formula is C18H36O3. The molecule has 126 valence electrons. The Bertz CT molecular complexity index is 229. The molecule has 1 N–H and O–H groups in total. The summed E-state index contributed by atoms with van der Waals surface area (Å²) >= 11 is 0. The first-order valence-corrected chi connectivity index (χ1v) is 9.04. The minimum atomic E-state index is -0.486. The van der Waals surface area contributed by atoms with Gasteiger partial charge in [0.05, 0.1) is 6.10 Å². The third-order valence-corrected chi connectivity index (χ3v) is 3.81. The van der Waals surface area contributed by atoms with Gasteiger partial charge < -0.3 is 9.84 Å². The molecule has 0 aromatic heterocycles. The van der Waals surface area contributed by atoms with E-state index in [-0.39, 0.29) is 12.6 Å². The fraction of sp³-hybridized carbons (Fsp3) is 0.944. The maximum absolute atomic E-state index is 11.5. The van der Waals surface area contributed by atoms with Gasteiger partial charge in [-0.3, -0.25) is 4.79 Å². The first kappa shape index (κ1) is 20.4. The average molecular weight is 300 g/mol. The third-order valence-electron chi connectivity index (χ3n) is 3.81. The van der Waals surface area contributed by atoms with Crippen LogP contribution in [0, 0.1) is 0 Å². The molecule has 0 heterocycles. The summed E-state index contributed by atoms with van der Waals surface area (Å²) < 4.78 is 5.12. The lowest BCUT2D eigenvalue weighted by atomic mass is 10.1. The van der Waals surface area contributed by atoms with Crippen molar-refractivity contribution in [3.05, 3.63) is 0 Å². The van der Waals surface area contributed by atoms with Crippen LogP contribution in [0.15, 0.2) is 0 Å². The summed E-state index contributed by atoms with van der Waals surface area (Å²) in [4.78, 5) is 11.5. The van der Waals surface area contributed by atoms with Gasteiger partial charge >= 0.3 is 5.97 Å². The van der Waals surface area contributed by atoms with E-state index in [1.807, 2.05) is 0 Å². The monoisotopic (exact) mass is 300 g/mol. The Hall–Kier alpha value is -0.570. The van der Waals surface area contributed by atoms with Crippen molar-refractivity contribution in [2.75, 3.05) is 6.61 Å². The molecular weight excluding hydrogens is 264 g/mol. The van der Waals surface area contributed by atoms with Crippen LogP contribution in [-0.2, 0) is 9.53 Å². The van der Waals surface area contributed by atoms with Crippen LogP contribution in [0.5, 0.6) is 0 Å². The van der Waals surface area contributed by atoms with Gasteiger partial charge in [-0.2, -0.15) is 0 Å². The highest BCUT2D eigenvalue weighted by Crippen LogP contribution is 2.10. The Labute approximate surface area is 131 Å². The lowest BCUT2D eigenvalue weighted by Crippen LogP contribution is -2.18. The van der Waals surface area contributed by atoms with Crippen LogP contribution in [0.4, 0.5) is 0 Å². The molecule has 1 atom stereocenters. The van der Waals surface area contributed by atoms with Gasteiger partial charge in [0.1, 0.15) is 6.61 Å². The predicted molar refractivity (Wildman–Crippen MR) is 88.3 cm³/mol. The lowest BCUT2D eigenvalue weighted by molar-refractivity contribution is -0.146. The molecule has 0 rings (SSSR count). The van der Waals surface area contributed by atoms with Crippen molar-refractivity contribution in [1.29, 1.82) is 0 Å².